The Bertz CT molecular complexity index is 766. The summed E-state index contributed by atoms with van der Waals surface area (Å²) in [6.45, 7) is 1.89. The van der Waals surface area contributed by atoms with E-state index in [9.17, 15) is 19.7 Å². The zero-order valence-electron chi connectivity index (χ0n) is 10.1. The van der Waals surface area contributed by atoms with Crippen LogP contribution in [0.2, 0.25) is 0 Å². The van der Waals surface area contributed by atoms with E-state index >= 15 is 0 Å². The van der Waals surface area contributed by atoms with E-state index in [4.69, 9.17) is 0 Å². The molecule has 2 aromatic rings. The summed E-state index contributed by atoms with van der Waals surface area (Å²) in [5, 5.41) is 10.9. The molecule has 0 radical (unpaired) electrons. The second-order valence-corrected chi connectivity index (χ2v) is 3.79. The first kappa shape index (κ1) is 12.0. The molecule has 0 aliphatic rings. The lowest BCUT2D eigenvalue weighted by Crippen LogP contribution is -2.37. The molecule has 0 aromatic carbocycles. The predicted octanol–water partition coefficient (Wildman–Crippen LogP) is -0.638. The van der Waals surface area contributed by atoms with E-state index in [1.165, 1.54) is 18.7 Å². The van der Waals surface area contributed by atoms with Gasteiger partial charge in [0, 0.05) is 14.1 Å². The molecular weight excluding hydrogens is 242 g/mol. The Balaban J connectivity index is 3.13. The molecule has 0 aliphatic carbocycles. The third kappa shape index (κ3) is 1.36. The summed E-state index contributed by atoms with van der Waals surface area (Å²) in [5.74, 6) is -0.439. The monoisotopic (exact) mass is 253 g/mol. The molecule has 0 fully saturated rings. The summed E-state index contributed by atoms with van der Waals surface area (Å²) in [5.41, 5.74) is -1.07. The maximum Gasteiger partial charge on any atom is 0.437 e. The Morgan fingerprint density at radius 2 is 1.89 bits per heavy atom. The maximum atomic E-state index is 12.0. The number of fused-ring (bicyclic) bond motifs is 1. The third-order valence-corrected chi connectivity index (χ3v) is 2.81. The minimum atomic E-state index is -0.673. The quantitative estimate of drug-likeness (QED) is 0.523. The van der Waals surface area contributed by atoms with Gasteiger partial charge >= 0.3 is 11.6 Å². The van der Waals surface area contributed by atoms with Gasteiger partial charge in [-0.25, -0.2) is 9.36 Å². The molecule has 0 unspecified atom stereocenters. The molecule has 9 heteroatoms. The summed E-state index contributed by atoms with van der Waals surface area (Å²) in [4.78, 5) is 37.6. The van der Waals surface area contributed by atoms with Crippen LogP contribution in [0.15, 0.2) is 9.59 Å². The highest BCUT2D eigenvalue weighted by Crippen LogP contribution is 2.16. The maximum absolute atomic E-state index is 12.0. The fourth-order valence-corrected chi connectivity index (χ4v) is 1.87. The molecule has 0 atom stereocenters. The van der Waals surface area contributed by atoms with Crippen molar-refractivity contribution >= 4 is 17.1 Å². The standard InChI is InChI=1S/C9H11N5O4/c1-4-13-5-6(10-8(13)14(17)18)11(2)9(16)12(3)7(5)15/h4H2,1-3H3. The van der Waals surface area contributed by atoms with Gasteiger partial charge in [-0.2, -0.15) is 0 Å². The highest BCUT2D eigenvalue weighted by Gasteiger charge is 2.26. The van der Waals surface area contributed by atoms with E-state index in [0.29, 0.717) is 0 Å². The fraction of sp³-hybridized carbons (Fsp3) is 0.444. The molecule has 18 heavy (non-hydrogen) atoms. The molecule has 0 N–H and O–H groups in total. The zero-order chi connectivity index (χ0) is 13.6. The van der Waals surface area contributed by atoms with Crippen molar-refractivity contribution in [2.24, 2.45) is 14.1 Å². The first-order valence-electron chi connectivity index (χ1n) is 5.20. The van der Waals surface area contributed by atoms with E-state index in [2.05, 4.69) is 4.98 Å². The van der Waals surface area contributed by atoms with Crippen molar-refractivity contribution in [2.75, 3.05) is 0 Å². The lowest BCUT2D eigenvalue weighted by Gasteiger charge is -2.01. The van der Waals surface area contributed by atoms with Crippen molar-refractivity contribution in [3.05, 3.63) is 31.0 Å². The summed E-state index contributed by atoms with van der Waals surface area (Å²) in [6.07, 6.45) is 0. The van der Waals surface area contributed by atoms with Crippen molar-refractivity contribution < 1.29 is 4.92 Å². The van der Waals surface area contributed by atoms with Crippen molar-refractivity contribution in [3.8, 4) is 0 Å². The Hall–Kier alpha value is -2.45. The summed E-state index contributed by atoms with van der Waals surface area (Å²) < 4.78 is 3.22. The van der Waals surface area contributed by atoms with Gasteiger partial charge in [0.25, 0.3) is 11.2 Å². The molecule has 0 saturated heterocycles. The lowest BCUT2D eigenvalue weighted by atomic mass is 10.5. The van der Waals surface area contributed by atoms with Crippen LogP contribution in [-0.2, 0) is 20.6 Å². The number of nitro groups is 1. The first-order chi connectivity index (χ1) is 8.40. The highest BCUT2D eigenvalue weighted by molar-refractivity contribution is 5.72. The predicted molar refractivity (Wildman–Crippen MR) is 62.5 cm³/mol. The lowest BCUT2D eigenvalue weighted by molar-refractivity contribution is -0.396. The molecule has 0 aliphatic heterocycles. The molecule has 2 rings (SSSR count). The normalized spacial score (nSPS) is 11.1. The molecular formula is C9H11N5O4. The number of hydrogen-bond donors (Lipinski definition) is 0. The topological polar surface area (TPSA) is 105 Å². The van der Waals surface area contributed by atoms with E-state index in [1.54, 1.807) is 6.92 Å². The number of imidazole rings is 1. The summed E-state index contributed by atoms with van der Waals surface area (Å²) >= 11 is 0. The minimum absolute atomic E-state index is 0.0247. The van der Waals surface area contributed by atoms with Gasteiger partial charge in [0.1, 0.15) is 0 Å². The fourth-order valence-electron chi connectivity index (χ4n) is 1.87. The molecule has 0 bridgehead atoms. The molecule has 0 saturated carbocycles. The van der Waals surface area contributed by atoms with Gasteiger partial charge in [0.05, 0.1) is 6.54 Å². The van der Waals surface area contributed by atoms with Crippen LogP contribution in [0.1, 0.15) is 6.92 Å². The molecule has 96 valence electrons. The van der Waals surface area contributed by atoms with Crippen LogP contribution in [0.3, 0.4) is 0 Å². The molecule has 2 aromatic heterocycles. The Kier molecular flexibility index (Phi) is 2.53. The van der Waals surface area contributed by atoms with E-state index in [1.807, 2.05) is 0 Å². The van der Waals surface area contributed by atoms with Crippen molar-refractivity contribution in [1.29, 1.82) is 0 Å². The van der Waals surface area contributed by atoms with Crippen LogP contribution in [-0.4, -0.2) is 23.6 Å². The molecule has 0 amide bonds. The first-order valence-corrected chi connectivity index (χ1v) is 5.20. The van der Waals surface area contributed by atoms with Gasteiger partial charge in [0.2, 0.25) is 5.52 Å². The number of rotatable bonds is 2. The Morgan fingerprint density at radius 3 is 2.39 bits per heavy atom. The van der Waals surface area contributed by atoms with E-state index in [-0.39, 0.29) is 17.7 Å². The van der Waals surface area contributed by atoms with Gasteiger partial charge < -0.3 is 10.1 Å². The molecule has 9 nitrogen and oxygen atoms in total. The van der Waals surface area contributed by atoms with E-state index < -0.39 is 22.1 Å². The highest BCUT2D eigenvalue weighted by atomic mass is 16.6. The average Bonchev–Trinajstić information content (AvgIpc) is 2.73. The number of aryl methyl sites for hydroxylation is 2. The van der Waals surface area contributed by atoms with Crippen LogP contribution >= 0.6 is 0 Å². The zero-order valence-corrected chi connectivity index (χ0v) is 10.1. The second kappa shape index (κ2) is 3.79. The molecule has 2 heterocycles. The van der Waals surface area contributed by atoms with E-state index in [0.717, 1.165) is 9.13 Å². The van der Waals surface area contributed by atoms with Crippen LogP contribution in [0, 0.1) is 10.1 Å². The third-order valence-electron chi connectivity index (χ3n) is 2.81. The van der Waals surface area contributed by atoms with Gasteiger partial charge in [-0.15, -0.1) is 0 Å². The average molecular weight is 253 g/mol. The van der Waals surface area contributed by atoms with Crippen LogP contribution < -0.4 is 11.2 Å². The number of aromatic nitrogens is 4. The van der Waals surface area contributed by atoms with Gasteiger partial charge in [0.15, 0.2) is 0 Å². The largest absolute Gasteiger partial charge is 0.437 e. The SMILES string of the molecule is CCn1c([N+](=O)[O-])nc2c1c(=O)n(C)c(=O)n2C. The number of hydrogen-bond acceptors (Lipinski definition) is 5. The van der Waals surface area contributed by atoms with Gasteiger partial charge in [-0.3, -0.25) is 13.9 Å². The minimum Gasteiger partial charge on any atom is -0.390 e. The van der Waals surface area contributed by atoms with Gasteiger partial charge in [-0.05, 0) is 16.8 Å². The van der Waals surface area contributed by atoms with Crippen molar-refractivity contribution in [3.63, 3.8) is 0 Å². The second-order valence-electron chi connectivity index (χ2n) is 3.79. The summed E-state index contributed by atoms with van der Waals surface area (Å²) in [7, 11) is 2.74. The Morgan fingerprint density at radius 1 is 1.28 bits per heavy atom. The van der Waals surface area contributed by atoms with Crippen LogP contribution in [0.5, 0.6) is 0 Å². The Labute approximate surface area is 100 Å². The molecule has 0 spiro atoms. The summed E-state index contributed by atoms with van der Waals surface area (Å²) in [6, 6.07) is 0. The van der Waals surface area contributed by atoms with Gasteiger partial charge in [-0.1, -0.05) is 0 Å². The van der Waals surface area contributed by atoms with Crippen LogP contribution in [0.4, 0.5) is 5.95 Å². The van der Waals surface area contributed by atoms with Crippen molar-refractivity contribution in [1.82, 2.24) is 18.7 Å². The smallest absolute Gasteiger partial charge is 0.390 e. The van der Waals surface area contributed by atoms with Crippen LogP contribution in [0.25, 0.3) is 11.2 Å². The number of nitrogens with zero attached hydrogens (tertiary/aromatic N) is 5. The van der Waals surface area contributed by atoms with Crippen molar-refractivity contribution in [2.45, 2.75) is 13.5 Å².